The molecule has 0 saturated carbocycles. The molecular formula is C20H14ClNO5. The van der Waals surface area contributed by atoms with Gasteiger partial charge in [-0.3, -0.25) is 0 Å². The first kappa shape index (κ1) is 17.1. The fraction of sp³-hybridized carbons (Fsp3) is 0.0500. The van der Waals surface area contributed by atoms with Crippen molar-refractivity contribution in [2.45, 2.75) is 5.60 Å². The largest absolute Gasteiger partial charge is 0.508 e. The molecule has 0 amide bonds. The summed E-state index contributed by atoms with van der Waals surface area (Å²) in [6.45, 7) is 0. The molecule has 3 aromatic rings. The van der Waals surface area contributed by atoms with E-state index in [0.717, 1.165) is 0 Å². The first-order valence-corrected chi connectivity index (χ1v) is 7.98. The average molecular weight is 384 g/mol. The summed E-state index contributed by atoms with van der Waals surface area (Å²) in [4.78, 5) is 12.6. The molecule has 2 aliphatic heterocycles. The summed E-state index contributed by atoms with van der Waals surface area (Å²) in [6, 6.07) is 14.8. The number of nitrogens with two attached hydrogens (primary N) is 1. The standard InChI is InChI=1S/C20H13NO5.ClH/c21-17-15(23)8-7-14-18(17)25-16-9-10(22)5-6-13(16)20(14)12-4-2-1-3-11(12)19(24)26-20;/h1-9,22-23H,21H2;1H. The molecule has 27 heavy (non-hydrogen) atoms. The predicted molar refractivity (Wildman–Crippen MR) is 99.7 cm³/mol. The van der Waals surface area contributed by atoms with Crippen LogP contribution in [0.1, 0.15) is 27.0 Å². The van der Waals surface area contributed by atoms with Crippen LogP contribution < -0.4 is 10.5 Å². The quantitative estimate of drug-likeness (QED) is 0.311. The molecule has 7 heteroatoms. The lowest BCUT2D eigenvalue weighted by atomic mass is 9.77. The highest BCUT2D eigenvalue weighted by atomic mass is 35.5. The molecule has 0 aromatic heterocycles. The van der Waals surface area contributed by atoms with Gasteiger partial charge in [-0.2, -0.15) is 0 Å². The van der Waals surface area contributed by atoms with E-state index in [0.29, 0.717) is 28.0 Å². The van der Waals surface area contributed by atoms with Crippen molar-refractivity contribution >= 4 is 24.1 Å². The van der Waals surface area contributed by atoms with E-state index in [1.165, 1.54) is 18.2 Å². The Morgan fingerprint density at radius 2 is 1.67 bits per heavy atom. The highest BCUT2D eigenvalue weighted by Gasteiger charge is 2.54. The molecule has 1 unspecified atom stereocenters. The maximum Gasteiger partial charge on any atom is 0.340 e. The number of rotatable bonds is 0. The van der Waals surface area contributed by atoms with Crippen LogP contribution in [0.3, 0.4) is 0 Å². The van der Waals surface area contributed by atoms with Crippen molar-refractivity contribution < 1.29 is 24.5 Å². The molecule has 1 spiro atoms. The number of carbonyl (C=O) groups is 1. The number of ether oxygens (including phenoxy) is 2. The summed E-state index contributed by atoms with van der Waals surface area (Å²) in [5.74, 6) is -0.0928. The first-order valence-electron chi connectivity index (χ1n) is 7.98. The molecule has 5 rings (SSSR count). The number of hydrogen-bond acceptors (Lipinski definition) is 6. The van der Waals surface area contributed by atoms with E-state index < -0.39 is 11.6 Å². The third kappa shape index (κ3) is 2.04. The van der Waals surface area contributed by atoms with Crippen molar-refractivity contribution in [3.63, 3.8) is 0 Å². The Kier molecular flexibility index (Phi) is 3.51. The number of carbonyl (C=O) groups excluding carboxylic acids is 1. The Balaban J connectivity index is 0.00000180. The van der Waals surface area contributed by atoms with Crippen molar-refractivity contribution in [3.8, 4) is 23.0 Å². The van der Waals surface area contributed by atoms with Gasteiger partial charge in [0.15, 0.2) is 11.4 Å². The normalized spacial score (nSPS) is 18.6. The van der Waals surface area contributed by atoms with E-state index in [1.807, 2.05) is 12.1 Å². The van der Waals surface area contributed by atoms with Gasteiger partial charge in [0.25, 0.3) is 0 Å². The first-order chi connectivity index (χ1) is 12.5. The van der Waals surface area contributed by atoms with Crippen molar-refractivity contribution in [1.82, 2.24) is 0 Å². The monoisotopic (exact) mass is 383 g/mol. The van der Waals surface area contributed by atoms with Gasteiger partial charge in [0, 0.05) is 17.2 Å². The zero-order chi connectivity index (χ0) is 18.1. The van der Waals surface area contributed by atoms with E-state index in [9.17, 15) is 15.0 Å². The Morgan fingerprint density at radius 1 is 0.926 bits per heavy atom. The smallest absolute Gasteiger partial charge is 0.340 e. The van der Waals surface area contributed by atoms with Crippen LogP contribution in [0.2, 0.25) is 0 Å². The summed E-state index contributed by atoms with van der Waals surface area (Å²) in [6.07, 6.45) is 0. The number of aromatic hydroxyl groups is 2. The van der Waals surface area contributed by atoms with Crippen LogP contribution >= 0.6 is 12.4 Å². The van der Waals surface area contributed by atoms with Gasteiger partial charge in [-0.1, -0.05) is 18.2 Å². The van der Waals surface area contributed by atoms with Crippen molar-refractivity contribution in [1.29, 1.82) is 0 Å². The van der Waals surface area contributed by atoms with Crippen LogP contribution in [0.4, 0.5) is 5.69 Å². The van der Waals surface area contributed by atoms with E-state index in [1.54, 1.807) is 24.3 Å². The zero-order valence-electron chi connectivity index (χ0n) is 13.8. The third-order valence-corrected chi connectivity index (χ3v) is 4.88. The summed E-state index contributed by atoms with van der Waals surface area (Å²) in [5, 5.41) is 19.9. The van der Waals surface area contributed by atoms with Crippen molar-refractivity contribution in [3.05, 3.63) is 76.9 Å². The van der Waals surface area contributed by atoms with Gasteiger partial charge in [0.05, 0.1) is 11.1 Å². The molecule has 0 saturated heterocycles. The van der Waals surface area contributed by atoms with Crippen molar-refractivity contribution in [2.75, 3.05) is 5.73 Å². The zero-order valence-corrected chi connectivity index (χ0v) is 14.6. The number of phenolic OH excluding ortho intramolecular Hbond substituents is 2. The van der Waals surface area contributed by atoms with Crippen LogP contribution in [0.5, 0.6) is 23.0 Å². The maximum atomic E-state index is 12.6. The highest BCUT2D eigenvalue weighted by molar-refractivity contribution is 5.97. The van der Waals surface area contributed by atoms with Gasteiger partial charge in [0.2, 0.25) is 0 Å². The van der Waals surface area contributed by atoms with E-state index in [4.69, 9.17) is 15.2 Å². The molecular weight excluding hydrogens is 370 g/mol. The SMILES string of the molecule is Cl.Nc1c(O)ccc2c1Oc1cc(O)ccc1C21OC(=O)c2ccccc21. The molecule has 0 aliphatic carbocycles. The van der Waals surface area contributed by atoms with Crippen LogP contribution in [-0.4, -0.2) is 16.2 Å². The predicted octanol–water partition coefficient (Wildman–Crippen LogP) is 3.67. The molecule has 0 bridgehead atoms. The van der Waals surface area contributed by atoms with Gasteiger partial charge >= 0.3 is 5.97 Å². The lowest BCUT2D eigenvalue weighted by molar-refractivity contribution is 0.0224. The number of benzene rings is 3. The second-order valence-electron chi connectivity index (χ2n) is 6.27. The number of hydrogen-bond donors (Lipinski definition) is 3. The van der Waals surface area contributed by atoms with E-state index in [-0.39, 0.29) is 35.3 Å². The number of fused-ring (bicyclic) bond motifs is 6. The lowest BCUT2D eigenvalue weighted by Gasteiger charge is -2.37. The molecule has 136 valence electrons. The Morgan fingerprint density at radius 3 is 2.48 bits per heavy atom. The van der Waals surface area contributed by atoms with Crippen LogP contribution in [0, 0.1) is 0 Å². The second-order valence-corrected chi connectivity index (χ2v) is 6.27. The lowest BCUT2D eigenvalue weighted by Crippen LogP contribution is -2.33. The minimum absolute atomic E-state index is 0. The van der Waals surface area contributed by atoms with Gasteiger partial charge < -0.3 is 25.4 Å². The summed E-state index contributed by atoms with van der Waals surface area (Å²) in [7, 11) is 0. The second kappa shape index (κ2) is 5.56. The van der Waals surface area contributed by atoms with Gasteiger partial charge in [-0.05, 0) is 30.3 Å². The number of anilines is 1. The topological polar surface area (TPSA) is 102 Å². The number of nitrogen functional groups attached to an aromatic ring is 1. The molecule has 2 aliphatic rings. The summed E-state index contributed by atoms with van der Waals surface area (Å²) >= 11 is 0. The van der Waals surface area contributed by atoms with Crippen molar-refractivity contribution in [2.24, 2.45) is 0 Å². The summed E-state index contributed by atoms with van der Waals surface area (Å²) < 4.78 is 11.8. The molecule has 1 atom stereocenters. The molecule has 6 nitrogen and oxygen atoms in total. The molecule has 0 radical (unpaired) electrons. The van der Waals surface area contributed by atoms with Crippen LogP contribution in [0.25, 0.3) is 0 Å². The fourth-order valence-corrected chi connectivity index (χ4v) is 3.73. The number of phenols is 2. The minimum Gasteiger partial charge on any atom is -0.508 e. The van der Waals surface area contributed by atoms with E-state index in [2.05, 4.69) is 0 Å². The molecule has 4 N–H and O–H groups in total. The van der Waals surface area contributed by atoms with Gasteiger partial charge in [-0.25, -0.2) is 4.79 Å². The van der Waals surface area contributed by atoms with Gasteiger partial charge in [-0.15, -0.1) is 12.4 Å². The Hall–Kier alpha value is -3.38. The summed E-state index contributed by atoms with van der Waals surface area (Å²) in [5.41, 5.74) is 7.01. The fourth-order valence-electron chi connectivity index (χ4n) is 3.73. The maximum absolute atomic E-state index is 12.6. The third-order valence-electron chi connectivity index (χ3n) is 4.88. The average Bonchev–Trinajstić information content (AvgIpc) is 2.92. The Labute approximate surface area is 160 Å². The molecule has 3 aromatic carbocycles. The van der Waals surface area contributed by atoms with E-state index >= 15 is 0 Å². The minimum atomic E-state index is -1.26. The van der Waals surface area contributed by atoms with Gasteiger partial charge in [0.1, 0.15) is 22.9 Å². The Bertz CT molecular complexity index is 1110. The molecule has 2 heterocycles. The molecule has 0 fully saturated rings. The van der Waals surface area contributed by atoms with Crippen LogP contribution in [0.15, 0.2) is 54.6 Å². The number of esters is 1. The number of halogens is 1. The van der Waals surface area contributed by atoms with Crippen LogP contribution in [-0.2, 0) is 10.3 Å². The highest BCUT2D eigenvalue weighted by Crippen LogP contribution is 2.58.